The molecule has 0 aliphatic rings. The first-order valence-electron chi connectivity index (χ1n) is 7.60. The van der Waals surface area contributed by atoms with Crippen LogP contribution in [0.1, 0.15) is 12.5 Å². The molecule has 7 heteroatoms. The molecule has 1 atom stereocenters. The first-order valence-corrected chi connectivity index (χ1v) is 8.48. The Balaban J connectivity index is 1.69. The van der Waals surface area contributed by atoms with E-state index in [-0.39, 0.29) is 11.2 Å². The first-order chi connectivity index (χ1) is 12.1. The van der Waals surface area contributed by atoms with Crippen LogP contribution in [0, 0.1) is 11.3 Å². The average molecular weight is 352 g/mol. The summed E-state index contributed by atoms with van der Waals surface area (Å²) in [7, 11) is 1.61. The highest BCUT2D eigenvalue weighted by Gasteiger charge is 2.17. The number of thioether (sulfide) groups is 1. The minimum absolute atomic E-state index is 0.155. The van der Waals surface area contributed by atoms with Gasteiger partial charge in [-0.1, -0.05) is 17.8 Å². The zero-order valence-electron chi connectivity index (χ0n) is 13.7. The molecule has 0 unspecified atom stereocenters. The third-order valence-electron chi connectivity index (χ3n) is 3.58. The van der Waals surface area contributed by atoms with Gasteiger partial charge in [0.1, 0.15) is 5.75 Å². The summed E-state index contributed by atoms with van der Waals surface area (Å²) in [5, 5.41) is 12.0. The monoisotopic (exact) mass is 352 g/mol. The third-order valence-corrected chi connectivity index (χ3v) is 4.57. The first kappa shape index (κ1) is 16.9. The second-order valence-corrected chi connectivity index (χ2v) is 6.70. The number of hydrogen-bond donors (Lipinski definition) is 2. The van der Waals surface area contributed by atoms with Crippen LogP contribution in [0.4, 0.5) is 5.69 Å². The molecule has 1 amide bonds. The molecule has 0 saturated carbocycles. The molecule has 0 fully saturated rings. The van der Waals surface area contributed by atoms with Gasteiger partial charge in [-0.3, -0.25) is 4.79 Å². The Labute approximate surface area is 149 Å². The molecule has 0 aliphatic heterocycles. The summed E-state index contributed by atoms with van der Waals surface area (Å²) in [5.74, 6) is 0.592. The molecular formula is C18H16N4O2S. The van der Waals surface area contributed by atoms with Gasteiger partial charge in [-0.2, -0.15) is 5.26 Å². The van der Waals surface area contributed by atoms with Crippen LogP contribution in [0.15, 0.2) is 47.6 Å². The average Bonchev–Trinajstić information content (AvgIpc) is 3.02. The van der Waals surface area contributed by atoms with Gasteiger partial charge in [0.15, 0.2) is 5.16 Å². The molecule has 6 nitrogen and oxygen atoms in total. The molecule has 2 N–H and O–H groups in total. The molecule has 0 aliphatic carbocycles. The second-order valence-electron chi connectivity index (χ2n) is 5.37. The van der Waals surface area contributed by atoms with Crippen molar-refractivity contribution in [3.05, 3.63) is 48.0 Å². The van der Waals surface area contributed by atoms with Gasteiger partial charge < -0.3 is 15.0 Å². The molecule has 0 bridgehead atoms. The largest absolute Gasteiger partial charge is 0.497 e. The summed E-state index contributed by atoms with van der Waals surface area (Å²) < 4.78 is 5.19. The lowest BCUT2D eigenvalue weighted by Crippen LogP contribution is -2.22. The standard InChI is InChI=1S/C18H16N4O2S/c1-11(17(23)20-13-5-3-4-12(8-13)10-19)25-18-21-15-7-6-14(24-2)9-16(15)22-18/h3-9,11H,1-2H3,(H,20,23)(H,21,22)/t11-/m0/s1. The van der Waals surface area contributed by atoms with Gasteiger partial charge in [0.25, 0.3) is 0 Å². The number of benzene rings is 2. The van der Waals surface area contributed by atoms with E-state index in [0.717, 1.165) is 16.8 Å². The highest BCUT2D eigenvalue weighted by Crippen LogP contribution is 2.26. The lowest BCUT2D eigenvalue weighted by molar-refractivity contribution is -0.115. The van der Waals surface area contributed by atoms with Crippen LogP contribution in [0.2, 0.25) is 0 Å². The van der Waals surface area contributed by atoms with Gasteiger partial charge in [0, 0.05) is 11.8 Å². The minimum atomic E-state index is -0.354. The van der Waals surface area contributed by atoms with Crippen LogP contribution < -0.4 is 10.1 Å². The molecular weight excluding hydrogens is 336 g/mol. The Bertz CT molecular complexity index is 961. The van der Waals surface area contributed by atoms with E-state index in [0.29, 0.717) is 16.4 Å². The number of aromatic nitrogens is 2. The van der Waals surface area contributed by atoms with Gasteiger partial charge in [0.2, 0.25) is 5.91 Å². The van der Waals surface area contributed by atoms with Crippen molar-refractivity contribution in [2.45, 2.75) is 17.3 Å². The molecule has 1 aromatic heterocycles. The van der Waals surface area contributed by atoms with E-state index in [1.165, 1.54) is 11.8 Å². The SMILES string of the molecule is COc1ccc2nc(S[C@@H](C)C(=O)Nc3cccc(C#N)c3)[nH]c2c1. The number of hydrogen-bond acceptors (Lipinski definition) is 5. The predicted octanol–water partition coefficient (Wildman–Crippen LogP) is 3.56. The van der Waals surface area contributed by atoms with Crippen molar-refractivity contribution in [1.29, 1.82) is 5.26 Å². The van der Waals surface area contributed by atoms with E-state index in [1.54, 1.807) is 31.4 Å². The number of imidazole rings is 1. The summed E-state index contributed by atoms with van der Waals surface area (Å²) in [4.78, 5) is 20.0. The molecule has 1 heterocycles. The fourth-order valence-electron chi connectivity index (χ4n) is 2.28. The number of H-pyrrole nitrogens is 1. The predicted molar refractivity (Wildman–Crippen MR) is 97.8 cm³/mol. The van der Waals surface area contributed by atoms with Crippen molar-refractivity contribution in [2.24, 2.45) is 0 Å². The summed E-state index contributed by atoms with van der Waals surface area (Å²) in [6.45, 7) is 1.81. The van der Waals surface area contributed by atoms with Gasteiger partial charge in [-0.25, -0.2) is 4.98 Å². The van der Waals surface area contributed by atoms with Gasteiger partial charge in [-0.05, 0) is 37.3 Å². The van der Waals surface area contributed by atoms with Crippen LogP contribution in [-0.2, 0) is 4.79 Å². The van der Waals surface area contributed by atoms with Gasteiger partial charge >= 0.3 is 0 Å². The topological polar surface area (TPSA) is 90.8 Å². The van der Waals surface area contributed by atoms with Gasteiger partial charge in [0.05, 0.1) is 35.0 Å². The van der Waals surface area contributed by atoms with Crippen molar-refractivity contribution >= 4 is 34.4 Å². The number of rotatable bonds is 5. The van der Waals surface area contributed by atoms with E-state index >= 15 is 0 Å². The fraction of sp³-hybridized carbons (Fsp3) is 0.167. The minimum Gasteiger partial charge on any atom is -0.497 e. The second kappa shape index (κ2) is 7.28. The highest BCUT2D eigenvalue weighted by molar-refractivity contribution is 8.00. The number of methoxy groups -OCH3 is 1. The Morgan fingerprint density at radius 2 is 2.20 bits per heavy atom. The fourth-order valence-corrected chi connectivity index (χ4v) is 3.10. The molecule has 3 rings (SSSR count). The Morgan fingerprint density at radius 3 is 2.96 bits per heavy atom. The van der Waals surface area contributed by atoms with Crippen molar-refractivity contribution in [2.75, 3.05) is 12.4 Å². The van der Waals surface area contributed by atoms with Crippen LogP contribution in [0.5, 0.6) is 5.75 Å². The van der Waals surface area contributed by atoms with Crippen molar-refractivity contribution in [3.8, 4) is 11.8 Å². The highest BCUT2D eigenvalue weighted by atomic mass is 32.2. The number of carbonyl (C=O) groups excluding carboxylic acids is 1. The zero-order valence-corrected chi connectivity index (χ0v) is 14.6. The Hall–Kier alpha value is -2.98. The molecule has 0 spiro atoms. The number of nitriles is 1. The summed E-state index contributed by atoms with van der Waals surface area (Å²) in [6, 6.07) is 14.4. The number of nitrogens with zero attached hydrogens (tertiary/aromatic N) is 2. The van der Waals surface area contributed by atoms with Crippen molar-refractivity contribution in [3.63, 3.8) is 0 Å². The molecule has 126 valence electrons. The molecule has 2 aromatic carbocycles. The van der Waals surface area contributed by atoms with E-state index < -0.39 is 0 Å². The maximum atomic E-state index is 12.4. The zero-order chi connectivity index (χ0) is 17.8. The van der Waals surface area contributed by atoms with E-state index in [9.17, 15) is 4.79 Å². The summed E-state index contributed by atoms with van der Waals surface area (Å²) in [5.41, 5.74) is 2.78. The van der Waals surface area contributed by atoms with Crippen LogP contribution in [0.25, 0.3) is 11.0 Å². The molecule has 0 saturated heterocycles. The van der Waals surface area contributed by atoms with E-state index in [4.69, 9.17) is 10.00 Å². The number of anilines is 1. The summed E-state index contributed by atoms with van der Waals surface area (Å²) in [6.07, 6.45) is 0. The normalized spacial score (nSPS) is 11.7. The molecule has 3 aromatic rings. The lowest BCUT2D eigenvalue weighted by atomic mass is 10.2. The van der Waals surface area contributed by atoms with E-state index in [2.05, 4.69) is 21.4 Å². The van der Waals surface area contributed by atoms with Crippen LogP contribution >= 0.6 is 11.8 Å². The van der Waals surface area contributed by atoms with Crippen molar-refractivity contribution in [1.82, 2.24) is 9.97 Å². The van der Waals surface area contributed by atoms with Crippen molar-refractivity contribution < 1.29 is 9.53 Å². The maximum absolute atomic E-state index is 12.4. The number of aromatic amines is 1. The Morgan fingerprint density at radius 1 is 1.36 bits per heavy atom. The maximum Gasteiger partial charge on any atom is 0.237 e. The molecule has 25 heavy (non-hydrogen) atoms. The smallest absolute Gasteiger partial charge is 0.237 e. The quantitative estimate of drug-likeness (QED) is 0.685. The number of carbonyl (C=O) groups is 1. The summed E-state index contributed by atoms with van der Waals surface area (Å²) >= 11 is 1.34. The number of fused-ring (bicyclic) bond motifs is 1. The number of nitrogens with one attached hydrogen (secondary N) is 2. The van der Waals surface area contributed by atoms with E-state index in [1.807, 2.05) is 25.1 Å². The number of amides is 1. The van der Waals surface area contributed by atoms with Crippen LogP contribution in [0.3, 0.4) is 0 Å². The Kier molecular flexibility index (Phi) is 4.91. The van der Waals surface area contributed by atoms with Gasteiger partial charge in [-0.15, -0.1) is 0 Å². The third kappa shape index (κ3) is 3.92. The molecule has 0 radical (unpaired) electrons. The number of ether oxygens (including phenoxy) is 1. The van der Waals surface area contributed by atoms with Crippen LogP contribution in [-0.4, -0.2) is 28.2 Å². The lowest BCUT2D eigenvalue weighted by Gasteiger charge is -2.10.